The second kappa shape index (κ2) is 7.84. The zero-order chi connectivity index (χ0) is 20.8. The highest BCUT2D eigenvalue weighted by Crippen LogP contribution is 2.38. The van der Waals surface area contributed by atoms with Crippen LogP contribution in [-0.2, 0) is 24.3 Å². The molecule has 0 spiro atoms. The molecular formula is C25H29N3O3. The molecular weight excluding hydrogens is 390 g/mol. The summed E-state index contributed by atoms with van der Waals surface area (Å²) < 4.78 is 11.0. The number of carbonyl (C=O) groups excluding carboxylic acids is 1. The molecule has 3 unspecified atom stereocenters. The first-order valence-corrected chi connectivity index (χ1v) is 11.4. The Balaban J connectivity index is 1.07. The Morgan fingerprint density at radius 2 is 1.81 bits per heavy atom. The number of rotatable bonds is 4. The van der Waals surface area contributed by atoms with Crippen molar-refractivity contribution in [1.29, 1.82) is 0 Å². The molecule has 1 saturated carbocycles. The van der Waals surface area contributed by atoms with Crippen LogP contribution in [0.2, 0.25) is 0 Å². The van der Waals surface area contributed by atoms with Crippen molar-refractivity contribution in [2.75, 3.05) is 19.9 Å². The van der Waals surface area contributed by atoms with Crippen LogP contribution in [-0.4, -0.2) is 42.8 Å². The number of hydrogen-bond donors (Lipinski definition) is 2. The second-order valence-corrected chi connectivity index (χ2v) is 9.42. The molecule has 162 valence electrons. The van der Waals surface area contributed by atoms with Crippen LogP contribution in [0.4, 0.5) is 0 Å². The third-order valence-corrected chi connectivity index (χ3v) is 7.46. The molecule has 2 fully saturated rings. The standard InChI is InChI=1S/C25H29N3O3/c29-25(21-10-17-3-1-2-4-18(17)11-26-21)27-24-19-6-7-20(24)14-28(13-19)12-16-5-8-22-23(9-16)31-15-30-22/h1-5,8-9,19-21,24,26H,6-7,10-15H2,(H,27,29). The van der Waals surface area contributed by atoms with Crippen LogP contribution in [0.25, 0.3) is 0 Å². The second-order valence-electron chi connectivity index (χ2n) is 9.42. The molecule has 2 aromatic carbocycles. The van der Waals surface area contributed by atoms with Crippen LogP contribution in [0.15, 0.2) is 42.5 Å². The first kappa shape index (κ1) is 19.1. The zero-order valence-electron chi connectivity index (χ0n) is 17.7. The van der Waals surface area contributed by atoms with Gasteiger partial charge in [-0.25, -0.2) is 0 Å². The first-order chi connectivity index (χ1) is 15.2. The van der Waals surface area contributed by atoms with Gasteiger partial charge in [0.25, 0.3) is 0 Å². The lowest BCUT2D eigenvalue weighted by atomic mass is 9.90. The summed E-state index contributed by atoms with van der Waals surface area (Å²) in [5, 5.41) is 6.87. The summed E-state index contributed by atoms with van der Waals surface area (Å²) in [6.45, 7) is 4.09. The van der Waals surface area contributed by atoms with Gasteiger partial charge in [-0.1, -0.05) is 30.3 Å². The van der Waals surface area contributed by atoms with E-state index in [4.69, 9.17) is 9.47 Å². The third kappa shape index (κ3) is 3.68. The van der Waals surface area contributed by atoms with Gasteiger partial charge in [-0.2, -0.15) is 0 Å². The van der Waals surface area contributed by atoms with E-state index in [0.717, 1.165) is 44.1 Å². The molecule has 3 aliphatic heterocycles. The van der Waals surface area contributed by atoms with E-state index in [9.17, 15) is 4.79 Å². The molecule has 1 amide bonds. The van der Waals surface area contributed by atoms with Crippen molar-refractivity contribution in [3.05, 3.63) is 59.2 Å². The van der Waals surface area contributed by atoms with Gasteiger partial charge in [-0.15, -0.1) is 0 Å². The minimum Gasteiger partial charge on any atom is -0.454 e. The summed E-state index contributed by atoms with van der Waals surface area (Å²) in [5.74, 6) is 2.93. The molecule has 0 radical (unpaired) electrons. The van der Waals surface area contributed by atoms with E-state index >= 15 is 0 Å². The van der Waals surface area contributed by atoms with E-state index in [0.29, 0.717) is 24.7 Å². The van der Waals surface area contributed by atoms with E-state index < -0.39 is 0 Å². The molecule has 1 aliphatic carbocycles. The molecule has 3 atom stereocenters. The Kier molecular flexibility index (Phi) is 4.84. The predicted octanol–water partition coefficient (Wildman–Crippen LogP) is 2.46. The normalized spacial score (nSPS) is 28.9. The van der Waals surface area contributed by atoms with Gasteiger partial charge in [0.15, 0.2) is 11.5 Å². The lowest BCUT2D eigenvalue weighted by molar-refractivity contribution is -0.125. The van der Waals surface area contributed by atoms with Gasteiger partial charge in [-0.3, -0.25) is 9.69 Å². The molecule has 4 aliphatic rings. The largest absolute Gasteiger partial charge is 0.454 e. The van der Waals surface area contributed by atoms with Gasteiger partial charge < -0.3 is 20.1 Å². The van der Waals surface area contributed by atoms with Crippen LogP contribution in [0, 0.1) is 11.8 Å². The van der Waals surface area contributed by atoms with Gasteiger partial charge >= 0.3 is 0 Å². The summed E-state index contributed by atoms with van der Waals surface area (Å²) in [7, 11) is 0. The van der Waals surface area contributed by atoms with Crippen molar-refractivity contribution in [1.82, 2.24) is 15.5 Å². The Hall–Kier alpha value is -2.57. The monoisotopic (exact) mass is 419 g/mol. The fourth-order valence-corrected chi connectivity index (χ4v) is 5.89. The SMILES string of the molecule is O=C(NC1C2CCC1CN(Cc1ccc3c(c1)OCO3)C2)C1Cc2ccccc2CN1. The highest BCUT2D eigenvalue weighted by molar-refractivity contribution is 5.82. The fourth-order valence-electron chi connectivity index (χ4n) is 5.89. The van der Waals surface area contributed by atoms with Crippen LogP contribution in [0.1, 0.15) is 29.5 Å². The van der Waals surface area contributed by atoms with Crippen molar-refractivity contribution in [2.45, 2.75) is 44.4 Å². The summed E-state index contributed by atoms with van der Waals surface area (Å²) in [6.07, 6.45) is 3.18. The van der Waals surface area contributed by atoms with Crippen LogP contribution >= 0.6 is 0 Å². The maximum atomic E-state index is 13.1. The molecule has 0 aromatic heterocycles. The number of amides is 1. The van der Waals surface area contributed by atoms with Gasteiger partial charge in [0.2, 0.25) is 12.7 Å². The number of benzene rings is 2. The number of fused-ring (bicyclic) bond motifs is 4. The molecule has 2 aromatic rings. The summed E-state index contributed by atoms with van der Waals surface area (Å²) in [5.41, 5.74) is 3.86. The highest BCUT2D eigenvalue weighted by Gasteiger charge is 2.43. The minimum atomic E-state index is -0.124. The molecule has 6 rings (SSSR count). The number of nitrogens with zero attached hydrogens (tertiary/aromatic N) is 1. The summed E-state index contributed by atoms with van der Waals surface area (Å²) in [6, 6.07) is 14.8. The van der Waals surface area contributed by atoms with Gasteiger partial charge in [0.05, 0.1) is 6.04 Å². The number of carbonyl (C=O) groups is 1. The highest BCUT2D eigenvalue weighted by atomic mass is 16.7. The van der Waals surface area contributed by atoms with E-state index in [-0.39, 0.29) is 11.9 Å². The average molecular weight is 420 g/mol. The summed E-state index contributed by atoms with van der Waals surface area (Å²) >= 11 is 0. The Bertz CT molecular complexity index is 980. The van der Waals surface area contributed by atoms with E-state index in [1.54, 1.807) is 0 Å². The van der Waals surface area contributed by atoms with E-state index in [1.165, 1.54) is 29.5 Å². The zero-order valence-corrected chi connectivity index (χ0v) is 17.7. The van der Waals surface area contributed by atoms with Crippen LogP contribution in [0.5, 0.6) is 11.5 Å². The van der Waals surface area contributed by atoms with Crippen molar-refractivity contribution in [2.24, 2.45) is 11.8 Å². The molecule has 2 bridgehead atoms. The third-order valence-electron chi connectivity index (χ3n) is 7.46. The van der Waals surface area contributed by atoms with Gasteiger partial charge in [0.1, 0.15) is 0 Å². The fraction of sp³-hybridized carbons (Fsp3) is 0.480. The Morgan fingerprint density at radius 3 is 2.65 bits per heavy atom. The van der Waals surface area contributed by atoms with Crippen molar-refractivity contribution in [3.63, 3.8) is 0 Å². The van der Waals surface area contributed by atoms with Crippen molar-refractivity contribution >= 4 is 5.91 Å². The molecule has 31 heavy (non-hydrogen) atoms. The molecule has 3 heterocycles. The average Bonchev–Trinajstić information content (AvgIpc) is 3.34. The maximum Gasteiger partial charge on any atom is 0.237 e. The molecule has 6 heteroatoms. The van der Waals surface area contributed by atoms with Crippen LogP contribution in [0.3, 0.4) is 0 Å². The van der Waals surface area contributed by atoms with Crippen molar-refractivity contribution < 1.29 is 14.3 Å². The molecule has 2 N–H and O–H groups in total. The smallest absolute Gasteiger partial charge is 0.237 e. The quantitative estimate of drug-likeness (QED) is 0.797. The summed E-state index contributed by atoms with van der Waals surface area (Å²) in [4.78, 5) is 15.6. The number of nitrogens with one attached hydrogen (secondary N) is 2. The van der Waals surface area contributed by atoms with E-state index in [1.807, 2.05) is 6.07 Å². The number of likely N-dealkylation sites (tertiary alicyclic amines) is 1. The Labute approximate surface area is 182 Å². The number of ether oxygens (including phenoxy) is 2. The van der Waals surface area contributed by atoms with Gasteiger partial charge in [0, 0.05) is 32.2 Å². The lowest BCUT2D eigenvalue weighted by Gasteiger charge is -2.39. The topological polar surface area (TPSA) is 62.8 Å². The number of hydrogen-bond acceptors (Lipinski definition) is 5. The Morgan fingerprint density at radius 1 is 1.03 bits per heavy atom. The van der Waals surface area contributed by atoms with Crippen molar-refractivity contribution in [3.8, 4) is 11.5 Å². The minimum absolute atomic E-state index is 0.124. The molecule has 1 saturated heterocycles. The van der Waals surface area contributed by atoms with Gasteiger partial charge in [-0.05, 0) is 59.9 Å². The van der Waals surface area contributed by atoms with Crippen LogP contribution < -0.4 is 20.1 Å². The first-order valence-electron chi connectivity index (χ1n) is 11.4. The number of piperidine rings is 1. The molecule has 6 nitrogen and oxygen atoms in total. The van der Waals surface area contributed by atoms with E-state index in [2.05, 4.69) is 51.9 Å². The predicted molar refractivity (Wildman–Crippen MR) is 117 cm³/mol. The maximum absolute atomic E-state index is 13.1. The lowest BCUT2D eigenvalue weighted by Crippen LogP contribution is -2.56.